The molecule has 0 atom stereocenters. The average Bonchev–Trinajstić information content (AvgIpc) is 2.39. The minimum Gasteiger partial charge on any atom is -0.388 e. The fraction of sp³-hybridized carbons (Fsp3) is 0.647. The van der Waals surface area contributed by atoms with Gasteiger partial charge in [-0.15, -0.1) is 0 Å². The third kappa shape index (κ3) is 4.30. The van der Waals surface area contributed by atoms with Gasteiger partial charge in [0.1, 0.15) is 0 Å². The molecule has 1 N–H and O–H groups in total. The normalized spacial score (nSPS) is 18.7. The van der Waals surface area contributed by atoms with Gasteiger partial charge in [0.05, 0.1) is 5.60 Å². The molecule has 1 aliphatic rings. The number of hydrogen-bond donors (Lipinski definition) is 1. The maximum absolute atomic E-state index is 10.5. The molecule has 0 radical (unpaired) electrons. The van der Waals surface area contributed by atoms with Gasteiger partial charge in [0.15, 0.2) is 0 Å². The largest absolute Gasteiger partial charge is 0.388 e. The number of ether oxygens (including phenoxy) is 1. The molecule has 1 aromatic carbocycles. The minimum atomic E-state index is -0.578. The number of likely N-dealkylation sites (N-methyl/N-ethyl adjacent to an activating group) is 1. The van der Waals surface area contributed by atoms with Crippen molar-refractivity contribution in [1.29, 1.82) is 0 Å². The highest BCUT2D eigenvalue weighted by Gasteiger charge is 2.30. The van der Waals surface area contributed by atoms with E-state index in [1.165, 1.54) is 11.1 Å². The molecule has 1 saturated heterocycles. The molecule has 0 spiro atoms. The second kappa shape index (κ2) is 6.70. The quantitative estimate of drug-likeness (QED) is 0.898. The molecule has 112 valence electrons. The van der Waals surface area contributed by atoms with Crippen molar-refractivity contribution in [3.05, 3.63) is 35.4 Å². The predicted octanol–water partition coefficient (Wildman–Crippen LogP) is 2.78. The van der Waals surface area contributed by atoms with Crippen molar-refractivity contribution in [3.8, 4) is 0 Å². The summed E-state index contributed by atoms with van der Waals surface area (Å²) in [6.45, 7) is 7.36. The van der Waals surface area contributed by atoms with E-state index in [1.807, 2.05) is 0 Å². The Labute approximate surface area is 122 Å². The van der Waals surface area contributed by atoms with E-state index in [0.717, 1.165) is 19.4 Å². The van der Waals surface area contributed by atoms with Crippen molar-refractivity contribution in [1.82, 2.24) is 4.90 Å². The van der Waals surface area contributed by atoms with Gasteiger partial charge >= 0.3 is 0 Å². The molecule has 1 fully saturated rings. The molecule has 0 saturated carbocycles. The van der Waals surface area contributed by atoms with E-state index in [2.05, 4.69) is 50.1 Å². The van der Waals surface area contributed by atoms with E-state index < -0.39 is 5.60 Å². The number of hydrogen-bond acceptors (Lipinski definition) is 3. The van der Waals surface area contributed by atoms with E-state index in [-0.39, 0.29) is 0 Å². The van der Waals surface area contributed by atoms with Gasteiger partial charge in [0, 0.05) is 39.1 Å². The highest BCUT2D eigenvalue weighted by Crippen LogP contribution is 2.22. The molecule has 0 aliphatic carbocycles. The van der Waals surface area contributed by atoms with Crippen LogP contribution in [-0.2, 0) is 11.3 Å². The van der Waals surface area contributed by atoms with Crippen LogP contribution in [0.3, 0.4) is 0 Å². The zero-order valence-electron chi connectivity index (χ0n) is 12.9. The summed E-state index contributed by atoms with van der Waals surface area (Å²) in [4.78, 5) is 2.20. The first kappa shape index (κ1) is 15.5. The number of rotatable bonds is 5. The highest BCUT2D eigenvalue weighted by molar-refractivity contribution is 5.24. The maximum atomic E-state index is 10.5. The predicted molar refractivity (Wildman–Crippen MR) is 81.9 cm³/mol. The second-order valence-corrected chi connectivity index (χ2v) is 6.41. The van der Waals surface area contributed by atoms with Crippen molar-refractivity contribution < 1.29 is 9.84 Å². The van der Waals surface area contributed by atoms with E-state index in [1.54, 1.807) is 0 Å². The van der Waals surface area contributed by atoms with Gasteiger partial charge in [0.2, 0.25) is 0 Å². The van der Waals surface area contributed by atoms with E-state index in [4.69, 9.17) is 4.74 Å². The van der Waals surface area contributed by atoms with Gasteiger partial charge in [0.25, 0.3) is 0 Å². The topological polar surface area (TPSA) is 32.7 Å². The smallest absolute Gasteiger partial charge is 0.0817 e. The third-order valence-corrected chi connectivity index (χ3v) is 4.09. The first-order valence-electron chi connectivity index (χ1n) is 7.56. The van der Waals surface area contributed by atoms with E-state index in [9.17, 15) is 5.11 Å². The summed E-state index contributed by atoms with van der Waals surface area (Å²) in [5.41, 5.74) is 2.09. The zero-order chi connectivity index (χ0) is 14.6. The first-order chi connectivity index (χ1) is 9.48. The van der Waals surface area contributed by atoms with Crippen molar-refractivity contribution in [2.24, 2.45) is 0 Å². The molecule has 0 aromatic heterocycles. The fourth-order valence-corrected chi connectivity index (χ4v) is 2.79. The van der Waals surface area contributed by atoms with Crippen molar-refractivity contribution >= 4 is 0 Å². The lowest BCUT2D eigenvalue weighted by Gasteiger charge is -2.35. The third-order valence-electron chi connectivity index (χ3n) is 4.09. The molecular formula is C17H27NO2. The summed E-state index contributed by atoms with van der Waals surface area (Å²) in [5, 5.41) is 10.5. The number of nitrogens with zero attached hydrogens (tertiary/aromatic N) is 1. The van der Waals surface area contributed by atoms with Crippen LogP contribution >= 0.6 is 0 Å². The average molecular weight is 277 g/mol. The van der Waals surface area contributed by atoms with Gasteiger partial charge in [-0.25, -0.2) is 0 Å². The van der Waals surface area contributed by atoms with Crippen LogP contribution in [-0.4, -0.2) is 42.4 Å². The van der Waals surface area contributed by atoms with Crippen molar-refractivity contribution in [3.63, 3.8) is 0 Å². The fourth-order valence-electron chi connectivity index (χ4n) is 2.79. The molecule has 20 heavy (non-hydrogen) atoms. The van der Waals surface area contributed by atoms with E-state index >= 15 is 0 Å². The van der Waals surface area contributed by atoms with Gasteiger partial charge in [-0.2, -0.15) is 0 Å². The number of aliphatic hydroxyl groups is 1. The highest BCUT2D eigenvalue weighted by atomic mass is 16.5. The molecular weight excluding hydrogens is 250 g/mol. The van der Waals surface area contributed by atoms with E-state index in [0.29, 0.717) is 25.7 Å². The second-order valence-electron chi connectivity index (χ2n) is 6.41. The van der Waals surface area contributed by atoms with Crippen LogP contribution in [0.1, 0.15) is 43.7 Å². The Morgan fingerprint density at radius 1 is 1.20 bits per heavy atom. The zero-order valence-corrected chi connectivity index (χ0v) is 12.9. The Balaban J connectivity index is 1.88. The van der Waals surface area contributed by atoms with Crippen LogP contribution in [0.2, 0.25) is 0 Å². The Morgan fingerprint density at radius 3 is 2.35 bits per heavy atom. The van der Waals surface area contributed by atoms with Gasteiger partial charge in [-0.05, 0) is 24.1 Å². The summed E-state index contributed by atoms with van der Waals surface area (Å²) in [6, 6.07) is 8.80. The molecule has 1 aliphatic heterocycles. The Kier molecular flexibility index (Phi) is 5.19. The summed E-state index contributed by atoms with van der Waals surface area (Å²) in [6.07, 6.45) is 1.48. The molecule has 1 heterocycles. The molecule has 3 heteroatoms. The lowest BCUT2D eigenvalue weighted by Crippen LogP contribution is -2.45. The van der Waals surface area contributed by atoms with Crippen LogP contribution in [0.5, 0.6) is 0 Å². The summed E-state index contributed by atoms with van der Waals surface area (Å²) < 4.78 is 5.32. The van der Waals surface area contributed by atoms with Gasteiger partial charge in [-0.3, -0.25) is 4.90 Å². The maximum Gasteiger partial charge on any atom is 0.0817 e. The lowest BCUT2D eigenvalue weighted by molar-refractivity contribution is -0.0777. The van der Waals surface area contributed by atoms with Crippen molar-refractivity contribution in [2.45, 2.75) is 44.8 Å². The first-order valence-corrected chi connectivity index (χ1v) is 7.56. The minimum absolute atomic E-state index is 0.574. The molecule has 3 nitrogen and oxygen atoms in total. The Bertz CT molecular complexity index is 408. The summed E-state index contributed by atoms with van der Waals surface area (Å²) >= 11 is 0. The lowest BCUT2D eigenvalue weighted by atomic mass is 9.93. The number of benzene rings is 1. The van der Waals surface area contributed by atoms with Crippen LogP contribution < -0.4 is 0 Å². The summed E-state index contributed by atoms with van der Waals surface area (Å²) in [5.74, 6) is 0.574. The van der Waals surface area contributed by atoms with Gasteiger partial charge < -0.3 is 9.84 Å². The summed E-state index contributed by atoms with van der Waals surface area (Å²) in [7, 11) is 2.07. The Hall–Kier alpha value is -0.900. The monoisotopic (exact) mass is 277 g/mol. The molecule has 1 aromatic rings. The Morgan fingerprint density at radius 2 is 1.80 bits per heavy atom. The molecule has 0 amide bonds. The molecule has 0 bridgehead atoms. The van der Waals surface area contributed by atoms with Gasteiger partial charge in [-0.1, -0.05) is 38.1 Å². The van der Waals surface area contributed by atoms with Crippen LogP contribution in [0.25, 0.3) is 0 Å². The van der Waals surface area contributed by atoms with Crippen molar-refractivity contribution in [2.75, 3.05) is 26.8 Å². The standard InChI is InChI=1S/C17H27NO2/c1-14(2)16-6-4-15(5-7-16)12-18(3)13-17(19)8-10-20-11-9-17/h4-7,14,19H,8-13H2,1-3H3. The SMILES string of the molecule is CC(C)c1ccc(CN(C)CC2(O)CCOCC2)cc1. The molecule has 0 unspecified atom stereocenters. The molecule has 2 rings (SSSR count). The van der Waals surface area contributed by atoms with Crippen LogP contribution in [0.4, 0.5) is 0 Å². The van der Waals surface area contributed by atoms with Crippen LogP contribution in [0.15, 0.2) is 24.3 Å². The van der Waals surface area contributed by atoms with Crippen LogP contribution in [0, 0.1) is 0 Å².